The molecular weight excluding hydrogens is 260 g/mol. The maximum absolute atomic E-state index is 6.20. The lowest BCUT2D eigenvalue weighted by Gasteiger charge is -2.33. The summed E-state index contributed by atoms with van der Waals surface area (Å²) in [6.07, 6.45) is 4.85. The minimum Gasteiger partial charge on any atom is -0.372 e. The summed E-state index contributed by atoms with van der Waals surface area (Å²) >= 11 is 0. The summed E-state index contributed by atoms with van der Waals surface area (Å²) in [6, 6.07) is 0. The van der Waals surface area contributed by atoms with Gasteiger partial charge in [-0.3, -0.25) is 5.32 Å². The predicted molar refractivity (Wildman–Crippen MR) is 80.8 cm³/mol. The van der Waals surface area contributed by atoms with E-state index in [4.69, 9.17) is 19.0 Å². The Morgan fingerprint density at radius 1 is 0.895 bits per heavy atom. The molecule has 1 unspecified atom stereocenters. The van der Waals surface area contributed by atoms with Crippen molar-refractivity contribution in [2.45, 2.75) is 59.2 Å². The van der Waals surface area contributed by atoms with Crippen LogP contribution in [0.25, 0.3) is 0 Å². The van der Waals surface area contributed by atoms with Gasteiger partial charge in [-0.1, -0.05) is 26.2 Å². The van der Waals surface area contributed by atoms with Crippen LogP contribution in [0.2, 0.25) is 0 Å². The van der Waals surface area contributed by atoms with E-state index in [9.17, 15) is 0 Å². The van der Waals surface area contributed by atoms with Crippen LogP contribution in [0.3, 0.4) is 0 Å². The number of nitrogens with one attached hydrogen (secondary N) is 1. The first kappa shape index (κ1) is 19.0. The SMILES string of the molecule is CCCCCCNC(N)[Si](OCC)(OCC)OCC. The van der Waals surface area contributed by atoms with E-state index < -0.39 is 8.80 Å². The maximum Gasteiger partial charge on any atom is 0.533 e. The van der Waals surface area contributed by atoms with E-state index in [1.165, 1.54) is 19.3 Å². The molecule has 0 radical (unpaired) electrons. The highest BCUT2D eigenvalue weighted by atomic mass is 28.4. The molecule has 0 aromatic heterocycles. The van der Waals surface area contributed by atoms with Crippen molar-refractivity contribution in [1.29, 1.82) is 0 Å². The lowest BCUT2D eigenvalue weighted by Crippen LogP contribution is -2.66. The van der Waals surface area contributed by atoms with Crippen LogP contribution >= 0.6 is 0 Å². The van der Waals surface area contributed by atoms with Gasteiger partial charge in [-0.05, 0) is 33.7 Å². The van der Waals surface area contributed by atoms with Crippen LogP contribution in [0.1, 0.15) is 53.4 Å². The smallest absolute Gasteiger partial charge is 0.372 e. The van der Waals surface area contributed by atoms with Gasteiger partial charge in [-0.15, -0.1) is 0 Å². The van der Waals surface area contributed by atoms with E-state index in [-0.39, 0.29) is 5.79 Å². The molecule has 1 atom stereocenters. The highest BCUT2D eigenvalue weighted by molar-refractivity contribution is 6.62. The monoisotopic (exact) mass is 292 g/mol. The van der Waals surface area contributed by atoms with Gasteiger partial charge >= 0.3 is 8.80 Å². The van der Waals surface area contributed by atoms with Gasteiger partial charge in [0.25, 0.3) is 0 Å². The Hall–Kier alpha value is 0.0169. The van der Waals surface area contributed by atoms with Gasteiger partial charge in [0, 0.05) is 19.8 Å². The van der Waals surface area contributed by atoms with Crippen molar-refractivity contribution in [3.63, 3.8) is 0 Å². The third-order valence-corrected chi connectivity index (χ3v) is 5.85. The Morgan fingerprint density at radius 3 is 1.84 bits per heavy atom. The second-order valence-corrected chi connectivity index (χ2v) is 7.09. The fraction of sp³-hybridized carbons (Fsp3) is 1.00. The first-order valence-electron chi connectivity index (χ1n) is 7.57. The molecular formula is C13H32N2O3Si. The minimum atomic E-state index is -2.80. The van der Waals surface area contributed by atoms with Crippen LogP contribution in [0.15, 0.2) is 0 Å². The summed E-state index contributed by atoms with van der Waals surface area (Å²) in [5.41, 5.74) is 6.20. The molecule has 3 N–H and O–H groups in total. The average Bonchev–Trinajstić information content (AvgIpc) is 2.39. The molecule has 0 aliphatic carbocycles. The van der Waals surface area contributed by atoms with E-state index >= 15 is 0 Å². The van der Waals surface area contributed by atoms with Crippen molar-refractivity contribution in [1.82, 2.24) is 5.32 Å². The second-order valence-electron chi connectivity index (χ2n) is 4.40. The quantitative estimate of drug-likeness (QED) is 0.309. The zero-order chi connectivity index (χ0) is 14.6. The van der Waals surface area contributed by atoms with Gasteiger partial charge < -0.3 is 19.0 Å². The van der Waals surface area contributed by atoms with E-state index in [1.807, 2.05) is 20.8 Å². The summed E-state index contributed by atoms with van der Waals surface area (Å²) in [6.45, 7) is 10.6. The number of nitrogens with two attached hydrogens (primary N) is 1. The molecule has 0 saturated carbocycles. The molecule has 0 fully saturated rings. The van der Waals surface area contributed by atoms with Crippen LogP contribution in [0, 0.1) is 0 Å². The van der Waals surface area contributed by atoms with Crippen LogP contribution in [0.5, 0.6) is 0 Å². The van der Waals surface area contributed by atoms with Gasteiger partial charge in [0.1, 0.15) is 5.79 Å². The van der Waals surface area contributed by atoms with E-state index in [2.05, 4.69) is 12.2 Å². The average molecular weight is 292 g/mol. The van der Waals surface area contributed by atoms with E-state index in [0.717, 1.165) is 13.0 Å². The minimum absolute atomic E-state index is 0.353. The van der Waals surface area contributed by atoms with Crippen molar-refractivity contribution >= 4 is 8.80 Å². The largest absolute Gasteiger partial charge is 0.533 e. The van der Waals surface area contributed by atoms with E-state index in [1.54, 1.807) is 0 Å². The fourth-order valence-corrected chi connectivity index (χ4v) is 4.32. The topological polar surface area (TPSA) is 65.7 Å². The third-order valence-electron chi connectivity index (χ3n) is 2.81. The summed E-state index contributed by atoms with van der Waals surface area (Å²) in [5, 5.41) is 3.30. The molecule has 0 bridgehead atoms. The first-order valence-corrected chi connectivity index (χ1v) is 9.37. The molecule has 0 aromatic carbocycles. The fourth-order valence-electron chi connectivity index (χ4n) is 1.93. The zero-order valence-electron chi connectivity index (χ0n) is 13.0. The lowest BCUT2D eigenvalue weighted by molar-refractivity contribution is 0.0584. The van der Waals surface area contributed by atoms with Crippen molar-refractivity contribution in [3.05, 3.63) is 0 Å². The van der Waals surface area contributed by atoms with Crippen molar-refractivity contribution in [3.8, 4) is 0 Å². The summed E-state index contributed by atoms with van der Waals surface area (Å²) in [7, 11) is -2.80. The Labute approximate surface area is 119 Å². The normalized spacial score (nSPS) is 13.7. The van der Waals surface area contributed by atoms with Gasteiger partial charge in [0.05, 0.1) is 0 Å². The number of rotatable bonds is 13. The lowest BCUT2D eigenvalue weighted by atomic mass is 10.2. The maximum atomic E-state index is 6.20. The Morgan fingerprint density at radius 2 is 1.42 bits per heavy atom. The molecule has 0 aromatic rings. The van der Waals surface area contributed by atoms with Crippen LogP contribution in [-0.4, -0.2) is 41.0 Å². The Balaban J connectivity index is 4.30. The molecule has 0 heterocycles. The molecule has 0 rings (SSSR count). The molecule has 5 nitrogen and oxygen atoms in total. The van der Waals surface area contributed by atoms with Crippen LogP contribution in [-0.2, 0) is 13.3 Å². The Bertz CT molecular complexity index is 191. The molecule has 6 heteroatoms. The van der Waals surface area contributed by atoms with Crippen molar-refractivity contribution in [2.24, 2.45) is 5.73 Å². The molecule has 0 spiro atoms. The van der Waals surface area contributed by atoms with Gasteiger partial charge in [-0.2, -0.15) is 0 Å². The van der Waals surface area contributed by atoms with E-state index in [0.29, 0.717) is 19.8 Å². The van der Waals surface area contributed by atoms with Crippen molar-refractivity contribution in [2.75, 3.05) is 26.4 Å². The number of hydrogen-bond acceptors (Lipinski definition) is 5. The summed E-state index contributed by atoms with van der Waals surface area (Å²) < 4.78 is 17.3. The highest BCUT2D eigenvalue weighted by Gasteiger charge is 2.47. The molecule has 0 amide bonds. The number of hydrogen-bond donors (Lipinski definition) is 2. The molecule has 0 saturated heterocycles. The molecule has 19 heavy (non-hydrogen) atoms. The summed E-state index contributed by atoms with van der Waals surface area (Å²) in [5.74, 6) is -0.353. The summed E-state index contributed by atoms with van der Waals surface area (Å²) in [4.78, 5) is 0. The standard InChI is InChI=1S/C13H32N2O3Si/c1-5-9-10-11-12-15-13(14)19(16-6-2,17-7-3)18-8-4/h13,15H,5-12,14H2,1-4H3. The third kappa shape index (κ3) is 7.39. The molecule has 116 valence electrons. The predicted octanol–water partition coefficient (Wildman–Crippen LogP) is 2.03. The number of unbranched alkanes of at least 4 members (excludes halogenated alkanes) is 3. The molecule has 0 aliphatic heterocycles. The van der Waals surface area contributed by atoms with Crippen LogP contribution < -0.4 is 11.1 Å². The Kier molecular flexibility index (Phi) is 11.8. The highest BCUT2D eigenvalue weighted by Crippen LogP contribution is 2.12. The second kappa shape index (κ2) is 11.8. The zero-order valence-corrected chi connectivity index (χ0v) is 14.0. The van der Waals surface area contributed by atoms with Gasteiger partial charge in [-0.25, -0.2) is 0 Å². The van der Waals surface area contributed by atoms with Crippen LogP contribution in [0.4, 0.5) is 0 Å². The first-order chi connectivity index (χ1) is 9.16. The molecule has 0 aliphatic rings. The van der Waals surface area contributed by atoms with Gasteiger partial charge in [0.15, 0.2) is 0 Å². The van der Waals surface area contributed by atoms with Crippen molar-refractivity contribution < 1.29 is 13.3 Å². The van der Waals surface area contributed by atoms with Gasteiger partial charge in [0.2, 0.25) is 0 Å².